The number of piperidine rings is 1. The number of amides is 1. The Morgan fingerprint density at radius 3 is 2.32 bits per heavy atom. The Bertz CT molecular complexity index is 531. The predicted molar refractivity (Wildman–Crippen MR) is 88.2 cm³/mol. The number of aliphatic hydroxyl groups is 1. The highest BCUT2D eigenvalue weighted by molar-refractivity contribution is 5.94. The van der Waals surface area contributed by atoms with Gasteiger partial charge >= 0.3 is 0 Å². The number of benzene rings is 1. The Hall–Kier alpha value is -1.55. The standard InChI is InChI=1S/C18H26N2O2/c1-18(2)9-12-20(13-18)17(22)14-3-5-15(6-4-14)19-10-7-16(21)8-11-19/h3-6,16,21H,7-13H2,1-2H3. The minimum absolute atomic E-state index is 0.145. The van der Waals surface area contributed by atoms with Gasteiger partial charge in [-0.1, -0.05) is 13.8 Å². The lowest BCUT2D eigenvalue weighted by Crippen LogP contribution is -2.35. The molecule has 0 spiro atoms. The van der Waals surface area contributed by atoms with Crippen LogP contribution in [0.4, 0.5) is 5.69 Å². The molecule has 2 saturated heterocycles. The molecule has 2 heterocycles. The molecule has 1 aromatic carbocycles. The van der Waals surface area contributed by atoms with E-state index in [2.05, 4.69) is 18.7 Å². The fraction of sp³-hybridized carbons (Fsp3) is 0.611. The Morgan fingerprint density at radius 1 is 1.14 bits per heavy atom. The average Bonchev–Trinajstić information content (AvgIpc) is 2.88. The molecule has 120 valence electrons. The number of rotatable bonds is 2. The number of likely N-dealkylation sites (tertiary alicyclic amines) is 1. The van der Waals surface area contributed by atoms with Crippen molar-refractivity contribution in [2.45, 2.75) is 39.2 Å². The molecule has 0 atom stereocenters. The summed E-state index contributed by atoms with van der Waals surface area (Å²) in [6, 6.07) is 7.94. The van der Waals surface area contributed by atoms with Gasteiger partial charge in [-0.15, -0.1) is 0 Å². The van der Waals surface area contributed by atoms with Crippen molar-refractivity contribution >= 4 is 11.6 Å². The summed E-state index contributed by atoms with van der Waals surface area (Å²) >= 11 is 0. The molecular weight excluding hydrogens is 276 g/mol. The summed E-state index contributed by atoms with van der Waals surface area (Å²) < 4.78 is 0. The molecule has 0 saturated carbocycles. The maximum absolute atomic E-state index is 12.5. The summed E-state index contributed by atoms with van der Waals surface area (Å²) in [5.41, 5.74) is 2.16. The third kappa shape index (κ3) is 3.27. The van der Waals surface area contributed by atoms with Crippen LogP contribution in [0.5, 0.6) is 0 Å². The van der Waals surface area contributed by atoms with Crippen LogP contribution >= 0.6 is 0 Å². The Morgan fingerprint density at radius 2 is 1.77 bits per heavy atom. The Balaban J connectivity index is 1.65. The first-order valence-electron chi connectivity index (χ1n) is 8.27. The van der Waals surface area contributed by atoms with Gasteiger partial charge in [-0.25, -0.2) is 0 Å². The number of hydrogen-bond acceptors (Lipinski definition) is 3. The van der Waals surface area contributed by atoms with Crippen LogP contribution in [-0.4, -0.2) is 48.2 Å². The van der Waals surface area contributed by atoms with Gasteiger partial charge in [0.1, 0.15) is 0 Å². The lowest BCUT2D eigenvalue weighted by atomic mass is 9.93. The Labute approximate surface area is 132 Å². The molecular formula is C18H26N2O2. The maximum Gasteiger partial charge on any atom is 0.253 e. The highest BCUT2D eigenvalue weighted by atomic mass is 16.3. The summed E-state index contributed by atoms with van der Waals surface area (Å²) in [4.78, 5) is 16.8. The predicted octanol–water partition coefficient (Wildman–Crippen LogP) is 2.52. The van der Waals surface area contributed by atoms with Crippen LogP contribution in [0.15, 0.2) is 24.3 Å². The van der Waals surface area contributed by atoms with Gasteiger partial charge in [0.05, 0.1) is 6.10 Å². The minimum atomic E-state index is -0.157. The van der Waals surface area contributed by atoms with Crippen LogP contribution in [-0.2, 0) is 0 Å². The molecule has 2 aliphatic rings. The molecule has 0 unspecified atom stereocenters. The minimum Gasteiger partial charge on any atom is -0.393 e. The molecule has 22 heavy (non-hydrogen) atoms. The van der Waals surface area contributed by atoms with Crippen molar-refractivity contribution in [3.8, 4) is 0 Å². The lowest BCUT2D eigenvalue weighted by molar-refractivity contribution is 0.0778. The van der Waals surface area contributed by atoms with E-state index >= 15 is 0 Å². The van der Waals surface area contributed by atoms with E-state index < -0.39 is 0 Å². The molecule has 0 aliphatic carbocycles. The maximum atomic E-state index is 12.5. The van der Waals surface area contributed by atoms with E-state index in [0.29, 0.717) is 0 Å². The normalized spacial score (nSPS) is 22.1. The van der Waals surface area contributed by atoms with Crippen LogP contribution in [0.1, 0.15) is 43.5 Å². The van der Waals surface area contributed by atoms with Crippen LogP contribution < -0.4 is 4.90 Å². The summed E-state index contributed by atoms with van der Waals surface area (Å²) in [5, 5.41) is 9.58. The second-order valence-corrected chi connectivity index (χ2v) is 7.41. The largest absolute Gasteiger partial charge is 0.393 e. The van der Waals surface area contributed by atoms with Crippen molar-refractivity contribution < 1.29 is 9.90 Å². The lowest BCUT2D eigenvalue weighted by Gasteiger charge is -2.31. The highest BCUT2D eigenvalue weighted by Crippen LogP contribution is 2.30. The number of anilines is 1. The van der Waals surface area contributed by atoms with Gasteiger partial charge in [0.2, 0.25) is 0 Å². The first kappa shape index (κ1) is 15.3. The quantitative estimate of drug-likeness (QED) is 0.913. The van der Waals surface area contributed by atoms with Crippen LogP contribution in [0.2, 0.25) is 0 Å². The van der Waals surface area contributed by atoms with E-state index in [1.807, 2.05) is 29.2 Å². The van der Waals surface area contributed by atoms with Gasteiger partial charge in [0.15, 0.2) is 0 Å². The molecule has 3 rings (SSSR count). The zero-order chi connectivity index (χ0) is 15.7. The number of aliphatic hydroxyl groups excluding tert-OH is 1. The van der Waals surface area contributed by atoms with Crippen LogP contribution in [0.3, 0.4) is 0 Å². The van der Waals surface area contributed by atoms with Crippen molar-refractivity contribution in [1.29, 1.82) is 0 Å². The topological polar surface area (TPSA) is 43.8 Å². The number of carbonyl (C=O) groups excluding carboxylic acids is 1. The SMILES string of the molecule is CC1(C)CCN(C(=O)c2ccc(N3CCC(O)CC3)cc2)C1. The Kier molecular flexibility index (Phi) is 4.13. The van der Waals surface area contributed by atoms with E-state index in [1.165, 1.54) is 0 Å². The molecule has 1 N–H and O–H groups in total. The number of hydrogen-bond donors (Lipinski definition) is 1. The molecule has 2 fully saturated rings. The van der Waals surface area contributed by atoms with Gasteiger partial charge in [-0.05, 0) is 48.9 Å². The molecule has 2 aliphatic heterocycles. The first-order chi connectivity index (χ1) is 10.4. The van der Waals surface area contributed by atoms with Crippen LogP contribution in [0, 0.1) is 5.41 Å². The summed E-state index contributed by atoms with van der Waals surface area (Å²) in [6.45, 7) is 7.90. The fourth-order valence-electron chi connectivity index (χ4n) is 3.41. The summed E-state index contributed by atoms with van der Waals surface area (Å²) in [7, 11) is 0. The third-order valence-electron chi connectivity index (χ3n) is 4.91. The zero-order valence-corrected chi connectivity index (χ0v) is 13.6. The van der Waals surface area contributed by atoms with E-state index in [9.17, 15) is 9.90 Å². The van der Waals surface area contributed by atoms with Crippen molar-refractivity contribution in [3.63, 3.8) is 0 Å². The van der Waals surface area contributed by atoms with Gasteiger partial charge in [0, 0.05) is 37.4 Å². The molecule has 0 aromatic heterocycles. The molecule has 1 aromatic rings. The second-order valence-electron chi connectivity index (χ2n) is 7.41. The van der Waals surface area contributed by atoms with Crippen molar-refractivity contribution in [3.05, 3.63) is 29.8 Å². The van der Waals surface area contributed by atoms with E-state index in [4.69, 9.17) is 0 Å². The monoisotopic (exact) mass is 302 g/mol. The molecule has 1 amide bonds. The van der Waals surface area contributed by atoms with Crippen molar-refractivity contribution in [1.82, 2.24) is 4.90 Å². The van der Waals surface area contributed by atoms with E-state index in [1.54, 1.807) is 0 Å². The molecule has 4 nitrogen and oxygen atoms in total. The van der Waals surface area contributed by atoms with Gasteiger partial charge in [0.25, 0.3) is 5.91 Å². The molecule has 0 bridgehead atoms. The fourth-order valence-corrected chi connectivity index (χ4v) is 3.41. The van der Waals surface area contributed by atoms with Crippen LogP contribution in [0.25, 0.3) is 0 Å². The van der Waals surface area contributed by atoms with Gasteiger partial charge in [-0.3, -0.25) is 4.79 Å². The van der Waals surface area contributed by atoms with E-state index in [-0.39, 0.29) is 17.4 Å². The average molecular weight is 302 g/mol. The van der Waals surface area contributed by atoms with Crippen molar-refractivity contribution in [2.24, 2.45) is 5.41 Å². The highest BCUT2D eigenvalue weighted by Gasteiger charge is 2.32. The third-order valence-corrected chi connectivity index (χ3v) is 4.91. The first-order valence-corrected chi connectivity index (χ1v) is 8.27. The zero-order valence-electron chi connectivity index (χ0n) is 13.6. The van der Waals surface area contributed by atoms with E-state index in [0.717, 1.165) is 56.7 Å². The number of carbonyl (C=O) groups is 1. The summed E-state index contributed by atoms with van der Waals surface area (Å²) in [5.74, 6) is 0.145. The molecule has 0 radical (unpaired) electrons. The number of nitrogens with zero attached hydrogens (tertiary/aromatic N) is 2. The van der Waals surface area contributed by atoms with Crippen molar-refractivity contribution in [2.75, 3.05) is 31.1 Å². The summed E-state index contributed by atoms with van der Waals surface area (Å²) in [6.07, 6.45) is 2.57. The molecule has 4 heteroatoms. The van der Waals surface area contributed by atoms with Gasteiger partial charge < -0.3 is 14.9 Å². The van der Waals surface area contributed by atoms with Gasteiger partial charge in [-0.2, -0.15) is 0 Å². The second kappa shape index (κ2) is 5.92. The smallest absolute Gasteiger partial charge is 0.253 e.